The van der Waals surface area contributed by atoms with Gasteiger partial charge in [-0.05, 0) is 30.7 Å². The van der Waals surface area contributed by atoms with E-state index in [1.54, 1.807) is 62.1 Å². The standard InChI is InChI=1S/C35H44N14O6/c1-46-16-20(9-24(46)32(52)40-7-5-28(36)37)44-34(54)26-11-18(14-48(26)3)42-30(50)22-13-23(22)31(51)43-19-12-27(49(4)15-19)35(55)45-21-10-25(47(2)17-21)33(53)41-8-6-29(38)39/h9-12,14-17,22-23H,5-8,13H2,1-4H3,(H3,36,37)(H3,38,39)(H,40,52)(H,41,53)(H,42,50)(H,43,51)(H,44,54)(H,45,55)/t22-,23+. The highest BCUT2D eigenvalue weighted by Gasteiger charge is 2.48. The van der Waals surface area contributed by atoms with E-state index in [0.29, 0.717) is 40.6 Å². The van der Waals surface area contributed by atoms with Crippen LogP contribution in [0.3, 0.4) is 0 Å². The molecule has 55 heavy (non-hydrogen) atoms. The van der Waals surface area contributed by atoms with Crippen molar-refractivity contribution >= 4 is 69.9 Å². The maximum Gasteiger partial charge on any atom is 0.272 e. The summed E-state index contributed by atoms with van der Waals surface area (Å²) >= 11 is 0. The molecule has 0 aromatic carbocycles. The van der Waals surface area contributed by atoms with Crippen molar-refractivity contribution in [2.45, 2.75) is 19.3 Å². The molecule has 12 N–H and O–H groups in total. The van der Waals surface area contributed by atoms with Gasteiger partial charge in [0.05, 0.1) is 46.3 Å². The van der Waals surface area contributed by atoms with Crippen LogP contribution in [0, 0.1) is 22.7 Å². The predicted octanol–water partition coefficient (Wildman–Crippen LogP) is 0.870. The highest BCUT2D eigenvalue weighted by molar-refractivity contribution is 6.08. The Morgan fingerprint density at radius 2 is 0.836 bits per heavy atom. The van der Waals surface area contributed by atoms with Crippen molar-refractivity contribution in [3.8, 4) is 0 Å². The number of nitrogens with one attached hydrogen (secondary N) is 8. The average molecular weight is 757 g/mol. The number of hydrogen-bond donors (Lipinski definition) is 10. The van der Waals surface area contributed by atoms with Crippen molar-refractivity contribution in [2.75, 3.05) is 34.4 Å². The van der Waals surface area contributed by atoms with Gasteiger partial charge in [0.1, 0.15) is 22.8 Å². The SMILES string of the molecule is Cn1cc(NC(=O)c2cc(NC(=O)[C@H]3C[C@H]3C(=O)Nc3cc(C(=O)Nc4cc(C(=O)NCCC(=N)N)n(C)c4)n(C)c3)cn2C)cc1C(=O)NCCC(=N)N. The normalized spacial score (nSPS) is 14.4. The molecule has 5 rings (SSSR count). The van der Waals surface area contributed by atoms with Gasteiger partial charge in [-0.15, -0.1) is 0 Å². The molecule has 0 bridgehead atoms. The number of aryl methyl sites for hydroxylation is 4. The first kappa shape index (κ1) is 39.1. The fourth-order valence-corrected chi connectivity index (χ4v) is 5.87. The molecule has 20 heteroatoms. The van der Waals surface area contributed by atoms with Crippen LogP contribution >= 0.6 is 0 Å². The van der Waals surface area contributed by atoms with Crippen LogP contribution < -0.4 is 43.4 Å². The Balaban J connectivity index is 1.11. The van der Waals surface area contributed by atoms with Crippen molar-refractivity contribution in [3.05, 3.63) is 71.8 Å². The van der Waals surface area contributed by atoms with E-state index in [0.717, 1.165) is 0 Å². The van der Waals surface area contributed by atoms with E-state index in [2.05, 4.69) is 31.9 Å². The van der Waals surface area contributed by atoms with Crippen LogP contribution in [0.2, 0.25) is 0 Å². The summed E-state index contributed by atoms with van der Waals surface area (Å²) in [6.45, 7) is 0.404. The van der Waals surface area contributed by atoms with Gasteiger partial charge in [0, 0.05) is 78.9 Å². The molecule has 6 amide bonds. The molecule has 0 unspecified atom stereocenters. The monoisotopic (exact) mass is 756 g/mol. The Morgan fingerprint density at radius 1 is 0.545 bits per heavy atom. The summed E-state index contributed by atoms with van der Waals surface area (Å²) in [6.07, 6.45) is 7.05. The Bertz CT molecular complexity index is 2050. The topological polar surface area (TPSA) is 294 Å². The third-order valence-corrected chi connectivity index (χ3v) is 8.82. The number of hydrogen-bond acceptors (Lipinski definition) is 8. The lowest BCUT2D eigenvalue weighted by Crippen LogP contribution is -2.28. The summed E-state index contributed by atoms with van der Waals surface area (Å²) in [5, 5.41) is 30.9. The summed E-state index contributed by atoms with van der Waals surface area (Å²) in [6, 6.07) is 6.03. The molecular formula is C35H44N14O6. The molecule has 4 aromatic rings. The molecule has 20 nitrogen and oxygen atoms in total. The summed E-state index contributed by atoms with van der Waals surface area (Å²) in [5.74, 6) is -3.78. The lowest BCUT2D eigenvalue weighted by atomic mass is 10.2. The molecule has 1 saturated carbocycles. The zero-order valence-electron chi connectivity index (χ0n) is 30.7. The number of nitrogens with two attached hydrogens (primary N) is 2. The maximum absolute atomic E-state index is 13.1. The van der Waals surface area contributed by atoms with Gasteiger partial charge in [-0.1, -0.05) is 0 Å². The van der Waals surface area contributed by atoms with Gasteiger partial charge >= 0.3 is 0 Å². The van der Waals surface area contributed by atoms with Crippen molar-refractivity contribution in [1.82, 2.24) is 28.9 Å². The fraction of sp³-hybridized carbons (Fsp3) is 0.314. The second kappa shape index (κ2) is 16.3. The van der Waals surface area contributed by atoms with Gasteiger partial charge in [-0.3, -0.25) is 39.6 Å². The number of anilines is 4. The molecule has 0 spiro atoms. The van der Waals surface area contributed by atoms with Crippen molar-refractivity contribution in [3.63, 3.8) is 0 Å². The van der Waals surface area contributed by atoms with Gasteiger partial charge in [0.2, 0.25) is 11.8 Å². The zero-order valence-corrected chi connectivity index (χ0v) is 30.7. The Kier molecular flexibility index (Phi) is 11.6. The largest absolute Gasteiger partial charge is 0.388 e. The van der Waals surface area contributed by atoms with E-state index in [1.807, 2.05) is 0 Å². The summed E-state index contributed by atoms with van der Waals surface area (Å²) < 4.78 is 6.18. The summed E-state index contributed by atoms with van der Waals surface area (Å²) in [7, 11) is 6.59. The molecule has 2 atom stereocenters. The van der Waals surface area contributed by atoms with E-state index < -0.39 is 23.7 Å². The van der Waals surface area contributed by atoms with Crippen molar-refractivity contribution < 1.29 is 28.8 Å². The van der Waals surface area contributed by atoms with E-state index in [-0.39, 0.29) is 72.6 Å². The molecule has 0 radical (unpaired) electrons. The second-order valence-electron chi connectivity index (χ2n) is 13.3. The first-order valence-corrected chi connectivity index (χ1v) is 17.1. The van der Waals surface area contributed by atoms with Crippen molar-refractivity contribution in [2.24, 2.45) is 51.5 Å². The third kappa shape index (κ3) is 9.66. The van der Waals surface area contributed by atoms with Crippen LogP contribution in [-0.4, -0.2) is 78.5 Å². The van der Waals surface area contributed by atoms with Crippen LogP contribution in [0.25, 0.3) is 0 Å². The molecule has 290 valence electrons. The van der Waals surface area contributed by atoms with Crippen LogP contribution in [0.5, 0.6) is 0 Å². The number of amides is 6. The number of carbonyl (C=O) groups excluding carboxylic acids is 6. The van der Waals surface area contributed by atoms with E-state index in [9.17, 15) is 28.8 Å². The van der Waals surface area contributed by atoms with Crippen LogP contribution in [0.1, 0.15) is 61.2 Å². The van der Waals surface area contributed by atoms with Crippen LogP contribution in [-0.2, 0) is 37.8 Å². The van der Waals surface area contributed by atoms with Gasteiger partial charge in [0.25, 0.3) is 23.6 Å². The molecule has 1 fully saturated rings. The molecule has 4 heterocycles. The maximum atomic E-state index is 13.1. The van der Waals surface area contributed by atoms with Crippen LogP contribution in [0.15, 0.2) is 49.1 Å². The van der Waals surface area contributed by atoms with E-state index in [1.165, 1.54) is 33.4 Å². The number of amidine groups is 2. The summed E-state index contributed by atoms with van der Waals surface area (Å²) in [5.41, 5.74) is 13.2. The number of rotatable bonds is 16. The Hall–Kier alpha value is -7.12. The minimum absolute atomic E-state index is 0.0437. The molecule has 0 aliphatic heterocycles. The number of aromatic nitrogens is 4. The summed E-state index contributed by atoms with van der Waals surface area (Å²) in [4.78, 5) is 77.2. The molecule has 1 aliphatic rings. The van der Waals surface area contributed by atoms with Gasteiger partial charge < -0.3 is 61.6 Å². The lowest BCUT2D eigenvalue weighted by Gasteiger charge is -2.04. The minimum Gasteiger partial charge on any atom is -0.388 e. The minimum atomic E-state index is -0.597. The zero-order chi connectivity index (χ0) is 40.1. The first-order chi connectivity index (χ1) is 26.0. The van der Waals surface area contributed by atoms with E-state index >= 15 is 0 Å². The van der Waals surface area contributed by atoms with E-state index in [4.69, 9.17) is 22.3 Å². The number of carbonyl (C=O) groups is 6. The van der Waals surface area contributed by atoms with Gasteiger partial charge in [-0.25, -0.2) is 0 Å². The van der Waals surface area contributed by atoms with Gasteiger partial charge in [-0.2, -0.15) is 0 Å². The smallest absolute Gasteiger partial charge is 0.272 e. The highest BCUT2D eigenvalue weighted by atomic mass is 16.2. The Labute approximate surface area is 315 Å². The predicted molar refractivity (Wildman–Crippen MR) is 204 cm³/mol. The average Bonchev–Trinajstić information content (AvgIpc) is 3.24. The number of nitrogens with zero attached hydrogens (tertiary/aromatic N) is 4. The lowest BCUT2D eigenvalue weighted by molar-refractivity contribution is -0.122. The molecule has 4 aromatic heterocycles. The highest BCUT2D eigenvalue weighted by Crippen LogP contribution is 2.40. The molecule has 0 saturated heterocycles. The quantitative estimate of drug-likeness (QED) is 0.0577. The first-order valence-electron chi connectivity index (χ1n) is 17.1. The van der Waals surface area contributed by atoms with Gasteiger partial charge in [0.15, 0.2) is 0 Å². The second-order valence-corrected chi connectivity index (χ2v) is 13.3. The Morgan fingerprint density at radius 3 is 1.15 bits per heavy atom. The van der Waals surface area contributed by atoms with Crippen LogP contribution in [0.4, 0.5) is 22.7 Å². The molecular weight excluding hydrogens is 712 g/mol. The molecule has 1 aliphatic carbocycles. The fourth-order valence-electron chi connectivity index (χ4n) is 5.87. The third-order valence-electron chi connectivity index (χ3n) is 8.82. The van der Waals surface area contributed by atoms with Crippen molar-refractivity contribution in [1.29, 1.82) is 10.8 Å².